The van der Waals surface area contributed by atoms with E-state index in [4.69, 9.17) is 16.7 Å². The molecular weight excluding hydrogens is 256 g/mol. The van der Waals surface area contributed by atoms with E-state index in [1.54, 1.807) is 6.07 Å². The summed E-state index contributed by atoms with van der Waals surface area (Å²) in [7, 11) is 0. The highest BCUT2D eigenvalue weighted by atomic mass is 35.5. The molecule has 7 heteroatoms. The molecule has 6 nitrogen and oxygen atoms in total. The van der Waals surface area contributed by atoms with Crippen molar-refractivity contribution in [3.63, 3.8) is 0 Å². The zero-order chi connectivity index (χ0) is 12.7. The average Bonchev–Trinajstić information content (AvgIpc) is 3.08. The Kier molecular flexibility index (Phi) is 2.52. The van der Waals surface area contributed by atoms with Crippen LogP contribution < -0.4 is 0 Å². The van der Waals surface area contributed by atoms with Crippen LogP contribution >= 0.6 is 11.6 Å². The highest BCUT2D eigenvalue weighted by Gasteiger charge is 2.30. The molecule has 0 atom stereocenters. The summed E-state index contributed by atoms with van der Waals surface area (Å²) in [5, 5.41) is 20.9. The lowest BCUT2D eigenvalue weighted by Crippen LogP contribution is -2.05. The van der Waals surface area contributed by atoms with Gasteiger partial charge in [0.15, 0.2) is 5.82 Å². The summed E-state index contributed by atoms with van der Waals surface area (Å²) >= 11 is 6.08. The number of carbonyl (C=O) groups is 1. The molecule has 92 valence electrons. The zero-order valence-corrected chi connectivity index (χ0v) is 10.0. The molecular formula is C11H9ClN4O2. The molecule has 1 aromatic carbocycles. The summed E-state index contributed by atoms with van der Waals surface area (Å²) in [6.07, 6.45) is 2.10. The molecule has 2 aromatic rings. The number of nitrogens with zero attached hydrogens (tertiary/aromatic N) is 4. The van der Waals surface area contributed by atoms with Crippen LogP contribution in [0.5, 0.6) is 0 Å². The van der Waals surface area contributed by atoms with Crippen LogP contribution in [0.15, 0.2) is 18.2 Å². The smallest absolute Gasteiger partial charge is 0.335 e. The van der Waals surface area contributed by atoms with E-state index in [1.165, 1.54) is 16.8 Å². The summed E-state index contributed by atoms with van der Waals surface area (Å²) in [6.45, 7) is 0. The van der Waals surface area contributed by atoms with Crippen LogP contribution in [0, 0.1) is 0 Å². The molecule has 0 aliphatic heterocycles. The van der Waals surface area contributed by atoms with E-state index in [0.717, 1.165) is 18.7 Å². The standard InChI is InChI=1S/C11H9ClN4O2/c12-8-4-3-7(11(17)18)5-9(8)16-10(6-1-2-6)13-14-15-16/h3-6H,1-2H2,(H,17,18). The monoisotopic (exact) mass is 264 g/mol. The molecule has 0 unspecified atom stereocenters. The fraction of sp³-hybridized carbons (Fsp3) is 0.273. The summed E-state index contributed by atoms with van der Waals surface area (Å²) in [6, 6.07) is 4.47. The number of rotatable bonds is 3. The molecule has 1 saturated carbocycles. The Labute approximate surface area is 107 Å². The van der Waals surface area contributed by atoms with Gasteiger partial charge in [-0.05, 0) is 41.5 Å². The van der Waals surface area contributed by atoms with Gasteiger partial charge in [-0.3, -0.25) is 0 Å². The van der Waals surface area contributed by atoms with Gasteiger partial charge in [-0.2, -0.15) is 4.68 Å². The third-order valence-electron chi connectivity index (χ3n) is 2.86. The van der Waals surface area contributed by atoms with Gasteiger partial charge in [-0.25, -0.2) is 4.79 Å². The van der Waals surface area contributed by atoms with Gasteiger partial charge < -0.3 is 5.11 Å². The molecule has 1 heterocycles. The number of carboxylic acid groups (broad SMARTS) is 1. The van der Waals surface area contributed by atoms with Gasteiger partial charge in [0.2, 0.25) is 0 Å². The maximum Gasteiger partial charge on any atom is 0.335 e. The van der Waals surface area contributed by atoms with Gasteiger partial charge in [0.25, 0.3) is 0 Å². The van der Waals surface area contributed by atoms with Crippen LogP contribution in [0.2, 0.25) is 5.02 Å². The van der Waals surface area contributed by atoms with Crippen LogP contribution in [-0.2, 0) is 0 Å². The molecule has 1 aromatic heterocycles. The number of carboxylic acids is 1. The maximum atomic E-state index is 11.0. The summed E-state index contributed by atoms with van der Waals surface area (Å²) < 4.78 is 1.52. The molecule has 18 heavy (non-hydrogen) atoms. The summed E-state index contributed by atoms with van der Waals surface area (Å²) in [4.78, 5) is 11.0. The van der Waals surface area contributed by atoms with E-state index in [0.29, 0.717) is 16.6 Å². The molecule has 1 fully saturated rings. The lowest BCUT2D eigenvalue weighted by atomic mass is 10.2. The van der Waals surface area contributed by atoms with Crippen LogP contribution in [0.4, 0.5) is 0 Å². The van der Waals surface area contributed by atoms with Crippen molar-refractivity contribution in [1.29, 1.82) is 0 Å². The lowest BCUT2D eigenvalue weighted by molar-refractivity contribution is 0.0697. The second-order valence-corrected chi connectivity index (χ2v) is 4.60. The molecule has 1 N–H and O–H groups in total. The topological polar surface area (TPSA) is 80.9 Å². The Balaban J connectivity index is 2.12. The van der Waals surface area contributed by atoms with E-state index in [1.807, 2.05) is 0 Å². The minimum absolute atomic E-state index is 0.159. The lowest BCUT2D eigenvalue weighted by Gasteiger charge is -2.06. The van der Waals surface area contributed by atoms with Crippen LogP contribution in [0.1, 0.15) is 34.9 Å². The third-order valence-corrected chi connectivity index (χ3v) is 3.18. The third kappa shape index (κ3) is 1.84. The number of halogens is 1. The Bertz CT molecular complexity index is 621. The minimum Gasteiger partial charge on any atom is -0.478 e. The number of tetrazole rings is 1. The molecule has 3 rings (SSSR count). The number of hydrogen-bond donors (Lipinski definition) is 1. The van der Waals surface area contributed by atoms with E-state index in [2.05, 4.69) is 15.5 Å². The van der Waals surface area contributed by atoms with Crippen LogP contribution in [0.3, 0.4) is 0 Å². The van der Waals surface area contributed by atoms with Crippen molar-refractivity contribution >= 4 is 17.6 Å². The van der Waals surface area contributed by atoms with Crippen LogP contribution in [0.25, 0.3) is 5.69 Å². The Morgan fingerprint density at radius 1 is 1.44 bits per heavy atom. The van der Waals surface area contributed by atoms with Crippen molar-refractivity contribution in [3.8, 4) is 5.69 Å². The first-order valence-corrected chi connectivity index (χ1v) is 5.86. The summed E-state index contributed by atoms with van der Waals surface area (Å²) in [5.41, 5.74) is 0.662. The molecule has 0 saturated heterocycles. The minimum atomic E-state index is -1.01. The van der Waals surface area contributed by atoms with Gasteiger partial charge in [0, 0.05) is 5.92 Å². The molecule has 0 spiro atoms. The van der Waals surface area contributed by atoms with E-state index in [9.17, 15) is 4.79 Å². The van der Waals surface area contributed by atoms with Gasteiger partial charge in [0.1, 0.15) is 0 Å². The van der Waals surface area contributed by atoms with Gasteiger partial charge in [-0.15, -0.1) is 5.10 Å². The fourth-order valence-electron chi connectivity index (χ4n) is 1.77. The van der Waals surface area contributed by atoms with Crippen molar-refractivity contribution < 1.29 is 9.90 Å². The predicted octanol–water partition coefficient (Wildman–Crippen LogP) is 1.89. The van der Waals surface area contributed by atoms with Crippen molar-refractivity contribution in [2.24, 2.45) is 0 Å². The van der Waals surface area contributed by atoms with E-state index in [-0.39, 0.29) is 5.56 Å². The van der Waals surface area contributed by atoms with E-state index >= 15 is 0 Å². The average molecular weight is 265 g/mol. The van der Waals surface area contributed by atoms with Crippen LogP contribution in [-0.4, -0.2) is 31.3 Å². The number of aromatic carboxylic acids is 1. The molecule has 0 bridgehead atoms. The first kappa shape index (κ1) is 11.2. The number of benzene rings is 1. The fourth-order valence-corrected chi connectivity index (χ4v) is 1.97. The molecule has 0 amide bonds. The Morgan fingerprint density at radius 3 is 2.89 bits per heavy atom. The largest absolute Gasteiger partial charge is 0.478 e. The quantitative estimate of drug-likeness (QED) is 0.916. The second kappa shape index (κ2) is 4.06. The zero-order valence-electron chi connectivity index (χ0n) is 9.25. The summed E-state index contributed by atoms with van der Waals surface area (Å²) in [5.74, 6) is 0.0814. The second-order valence-electron chi connectivity index (χ2n) is 4.19. The van der Waals surface area contributed by atoms with Gasteiger partial charge >= 0.3 is 5.97 Å². The van der Waals surface area contributed by atoms with Crippen molar-refractivity contribution in [2.75, 3.05) is 0 Å². The van der Waals surface area contributed by atoms with Gasteiger partial charge in [-0.1, -0.05) is 11.6 Å². The number of aromatic nitrogens is 4. The first-order chi connectivity index (χ1) is 8.66. The molecule has 1 aliphatic carbocycles. The van der Waals surface area contributed by atoms with Crippen molar-refractivity contribution in [1.82, 2.24) is 20.2 Å². The normalized spacial score (nSPS) is 14.7. The van der Waals surface area contributed by atoms with Crippen molar-refractivity contribution in [2.45, 2.75) is 18.8 Å². The highest BCUT2D eigenvalue weighted by molar-refractivity contribution is 6.32. The Hall–Kier alpha value is -1.95. The molecule has 1 aliphatic rings. The number of hydrogen-bond acceptors (Lipinski definition) is 4. The molecule has 0 radical (unpaired) electrons. The van der Waals surface area contributed by atoms with E-state index < -0.39 is 5.97 Å². The van der Waals surface area contributed by atoms with Crippen molar-refractivity contribution in [3.05, 3.63) is 34.6 Å². The van der Waals surface area contributed by atoms with Gasteiger partial charge in [0.05, 0.1) is 16.3 Å². The highest BCUT2D eigenvalue weighted by Crippen LogP contribution is 2.39. The Morgan fingerprint density at radius 2 is 2.22 bits per heavy atom. The maximum absolute atomic E-state index is 11.0. The first-order valence-electron chi connectivity index (χ1n) is 5.48. The predicted molar refractivity (Wildman–Crippen MR) is 63.1 cm³/mol. The SMILES string of the molecule is O=C(O)c1ccc(Cl)c(-n2nnnc2C2CC2)c1.